The highest BCUT2D eigenvalue weighted by molar-refractivity contribution is 5.92. The van der Waals surface area contributed by atoms with E-state index in [0.29, 0.717) is 16.7 Å². The lowest BCUT2D eigenvalue weighted by Crippen LogP contribution is -2.37. The molecule has 1 aromatic heterocycles. The first kappa shape index (κ1) is 12.0. The molecular formula is C13H16N4O2. The Morgan fingerprint density at radius 3 is 2.79 bits per heavy atom. The minimum Gasteiger partial charge on any atom is -0.399 e. The molecule has 0 aliphatic carbocycles. The molecule has 1 aliphatic heterocycles. The van der Waals surface area contributed by atoms with Crippen molar-refractivity contribution >= 4 is 22.6 Å². The highest BCUT2D eigenvalue weighted by atomic mass is 16.2. The quantitative estimate of drug-likeness (QED) is 0.653. The molecule has 0 bridgehead atoms. The van der Waals surface area contributed by atoms with Crippen LogP contribution in [0.5, 0.6) is 0 Å². The van der Waals surface area contributed by atoms with Crippen LogP contribution in [0.2, 0.25) is 0 Å². The molecule has 2 aromatic rings. The van der Waals surface area contributed by atoms with Crippen LogP contribution in [0.1, 0.15) is 17.6 Å². The van der Waals surface area contributed by atoms with E-state index in [4.69, 9.17) is 5.73 Å². The molecule has 0 atom stereocenters. The summed E-state index contributed by atoms with van der Waals surface area (Å²) in [6.07, 6.45) is 1.53. The van der Waals surface area contributed by atoms with Crippen LogP contribution in [0.4, 0.5) is 5.69 Å². The van der Waals surface area contributed by atoms with Gasteiger partial charge in [-0.25, -0.2) is 9.36 Å². The van der Waals surface area contributed by atoms with Crippen LogP contribution in [0.15, 0.2) is 23.0 Å². The summed E-state index contributed by atoms with van der Waals surface area (Å²) < 4.78 is 1.22. The first-order valence-electron chi connectivity index (χ1n) is 6.42. The van der Waals surface area contributed by atoms with Gasteiger partial charge in [0.15, 0.2) is 0 Å². The molecule has 6 heteroatoms. The lowest BCUT2D eigenvalue weighted by Gasteiger charge is -2.21. The van der Waals surface area contributed by atoms with E-state index in [1.54, 1.807) is 18.2 Å². The summed E-state index contributed by atoms with van der Waals surface area (Å²) in [6.45, 7) is 1.63. The van der Waals surface area contributed by atoms with Crippen LogP contribution in [-0.4, -0.2) is 28.5 Å². The number of aromatic amines is 1. The van der Waals surface area contributed by atoms with Gasteiger partial charge in [0.1, 0.15) is 0 Å². The Kier molecular flexibility index (Phi) is 2.87. The highest BCUT2D eigenvalue weighted by Crippen LogP contribution is 2.19. The number of H-pyrrole nitrogens is 1. The van der Waals surface area contributed by atoms with E-state index >= 15 is 0 Å². The van der Waals surface area contributed by atoms with E-state index < -0.39 is 0 Å². The molecule has 4 N–H and O–H groups in total. The second-order valence-electron chi connectivity index (χ2n) is 4.90. The maximum atomic E-state index is 12.5. The van der Waals surface area contributed by atoms with Crippen LogP contribution in [0.3, 0.4) is 0 Å². The number of fused-ring (bicyclic) bond motifs is 1. The van der Waals surface area contributed by atoms with Crippen molar-refractivity contribution in [2.24, 2.45) is 5.92 Å². The minimum atomic E-state index is -0.385. The van der Waals surface area contributed by atoms with Crippen molar-refractivity contribution in [3.05, 3.63) is 28.7 Å². The lowest BCUT2D eigenvalue weighted by molar-refractivity contribution is 0.0809. The SMILES string of the molecule is Nc1ccc2[nH]c(=O)n(C(=O)C3CCNCC3)c2c1. The minimum absolute atomic E-state index is 0.0978. The summed E-state index contributed by atoms with van der Waals surface area (Å²) in [6, 6.07) is 5.09. The number of benzene rings is 1. The fourth-order valence-corrected chi connectivity index (χ4v) is 2.59. The fraction of sp³-hybridized carbons (Fsp3) is 0.385. The molecule has 100 valence electrons. The number of nitrogens with two attached hydrogens (primary N) is 1. The Hall–Kier alpha value is -2.08. The average molecular weight is 260 g/mol. The fourth-order valence-electron chi connectivity index (χ4n) is 2.59. The van der Waals surface area contributed by atoms with Gasteiger partial charge in [-0.1, -0.05) is 0 Å². The van der Waals surface area contributed by atoms with Gasteiger partial charge in [-0.05, 0) is 44.1 Å². The molecule has 0 unspecified atom stereocenters. The Bertz CT molecular complexity index is 679. The third-order valence-electron chi connectivity index (χ3n) is 3.62. The van der Waals surface area contributed by atoms with Crippen LogP contribution >= 0.6 is 0 Å². The normalized spacial score (nSPS) is 16.8. The number of nitrogen functional groups attached to an aromatic ring is 1. The number of aromatic nitrogens is 2. The van der Waals surface area contributed by atoms with Crippen molar-refractivity contribution in [1.29, 1.82) is 0 Å². The molecule has 0 radical (unpaired) electrons. The van der Waals surface area contributed by atoms with E-state index in [2.05, 4.69) is 10.3 Å². The average Bonchev–Trinajstić information content (AvgIpc) is 2.74. The largest absolute Gasteiger partial charge is 0.399 e. The first-order chi connectivity index (χ1) is 9.16. The number of rotatable bonds is 1. The molecule has 1 aromatic carbocycles. The first-order valence-corrected chi connectivity index (χ1v) is 6.42. The Balaban J connectivity index is 2.08. The van der Waals surface area contributed by atoms with Gasteiger partial charge in [0.2, 0.25) is 5.91 Å². The zero-order chi connectivity index (χ0) is 13.4. The Morgan fingerprint density at radius 1 is 1.32 bits per heavy atom. The third-order valence-corrected chi connectivity index (χ3v) is 3.62. The van der Waals surface area contributed by atoms with E-state index in [1.165, 1.54) is 4.57 Å². The van der Waals surface area contributed by atoms with E-state index in [1.807, 2.05) is 0 Å². The molecule has 19 heavy (non-hydrogen) atoms. The van der Waals surface area contributed by atoms with Gasteiger partial charge in [-0.3, -0.25) is 4.79 Å². The van der Waals surface area contributed by atoms with Crippen molar-refractivity contribution < 1.29 is 4.79 Å². The number of hydrogen-bond donors (Lipinski definition) is 3. The van der Waals surface area contributed by atoms with Crippen molar-refractivity contribution in [2.75, 3.05) is 18.8 Å². The molecule has 0 amide bonds. The molecule has 2 heterocycles. The molecule has 1 saturated heterocycles. The Labute approximate surface area is 109 Å². The zero-order valence-electron chi connectivity index (χ0n) is 10.5. The number of carbonyl (C=O) groups excluding carboxylic acids is 1. The number of imidazole rings is 1. The number of piperidine rings is 1. The maximum absolute atomic E-state index is 12.5. The lowest BCUT2D eigenvalue weighted by atomic mass is 9.97. The Morgan fingerprint density at radius 2 is 2.05 bits per heavy atom. The number of nitrogens with one attached hydrogen (secondary N) is 2. The topological polar surface area (TPSA) is 92.9 Å². The second kappa shape index (κ2) is 4.55. The van der Waals surface area contributed by atoms with Gasteiger partial charge in [0, 0.05) is 11.6 Å². The van der Waals surface area contributed by atoms with Crippen LogP contribution < -0.4 is 16.7 Å². The molecule has 1 fully saturated rings. The van der Waals surface area contributed by atoms with Crippen molar-refractivity contribution in [2.45, 2.75) is 12.8 Å². The van der Waals surface area contributed by atoms with Crippen LogP contribution in [0.25, 0.3) is 11.0 Å². The molecule has 0 spiro atoms. The summed E-state index contributed by atoms with van der Waals surface area (Å²) in [5.41, 5.74) is 7.09. The van der Waals surface area contributed by atoms with E-state index in [0.717, 1.165) is 25.9 Å². The van der Waals surface area contributed by atoms with Crippen molar-refractivity contribution in [1.82, 2.24) is 14.9 Å². The van der Waals surface area contributed by atoms with Crippen molar-refractivity contribution in [3.8, 4) is 0 Å². The molecule has 6 nitrogen and oxygen atoms in total. The zero-order valence-corrected chi connectivity index (χ0v) is 10.5. The second-order valence-corrected chi connectivity index (χ2v) is 4.90. The van der Waals surface area contributed by atoms with Gasteiger partial charge in [0.25, 0.3) is 0 Å². The molecule has 3 rings (SSSR count). The maximum Gasteiger partial charge on any atom is 0.333 e. The molecule has 0 saturated carbocycles. The van der Waals surface area contributed by atoms with Crippen LogP contribution in [0, 0.1) is 5.92 Å². The molecule has 1 aliphatic rings. The summed E-state index contributed by atoms with van der Waals surface area (Å²) >= 11 is 0. The predicted octanol–water partition coefficient (Wildman–Crippen LogP) is 0.552. The summed E-state index contributed by atoms with van der Waals surface area (Å²) in [5.74, 6) is -0.234. The number of anilines is 1. The van der Waals surface area contributed by atoms with Gasteiger partial charge < -0.3 is 16.0 Å². The molecular weight excluding hydrogens is 244 g/mol. The van der Waals surface area contributed by atoms with Gasteiger partial charge >= 0.3 is 5.69 Å². The number of hydrogen-bond acceptors (Lipinski definition) is 4. The predicted molar refractivity (Wildman–Crippen MR) is 73.2 cm³/mol. The smallest absolute Gasteiger partial charge is 0.333 e. The third kappa shape index (κ3) is 2.04. The van der Waals surface area contributed by atoms with E-state index in [-0.39, 0.29) is 17.5 Å². The number of nitrogens with zero attached hydrogens (tertiary/aromatic N) is 1. The highest BCUT2D eigenvalue weighted by Gasteiger charge is 2.25. The number of carbonyl (C=O) groups is 1. The van der Waals surface area contributed by atoms with Gasteiger partial charge in [0.05, 0.1) is 11.0 Å². The van der Waals surface area contributed by atoms with Gasteiger partial charge in [-0.2, -0.15) is 0 Å². The summed E-state index contributed by atoms with van der Waals surface area (Å²) in [4.78, 5) is 27.1. The van der Waals surface area contributed by atoms with Crippen molar-refractivity contribution in [3.63, 3.8) is 0 Å². The van der Waals surface area contributed by atoms with Crippen LogP contribution in [-0.2, 0) is 0 Å². The monoisotopic (exact) mass is 260 g/mol. The standard InChI is InChI=1S/C13H16N4O2/c14-9-1-2-10-11(7-9)17(13(19)16-10)12(18)8-3-5-15-6-4-8/h1-2,7-8,15H,3-6,14H2,(H,16,19). The summed E-state index contributed by atoms with van der Waals surface area (Å²) in [7, 11) is 0. The van der Waals surface area contributed by atoms with E-state index in [9.17, 15) is 9.59 Å². The van der Waals surface area contributed by atoms with Gasteiger partial charge in [-0.15, -0.1) is 0 Å². The summed E-state index contributed by atoms with van der Waals surface area (Å²) in [5, 5.41) is 3.21.